The molecule has 3 aromatic rings. The fraction of sp³-hybridized carbons (Fsp3) is 0.240. The molecule has 0 radical (unpaired) electrons. The number of methoxy groups -OCH3 is 1. The average molecular weight is 402 g/mol. The molecular weight excluding hydrogens is 376 g/mol. The van der Waals surface area contributed by atoms with Crippen LogP contribution in [0.2, 0.25) is 0 Å². The number of carbonyl (C=O) groups excluding carboxylic acids is 1. The number of para-hydroxylation sites is 4. The molecule has 2 amide bonds. The topological polar surface area (TPSA) is 50.8 Å². The summed E-state index contributed by atoms with van der Waals surface area (Å²) in [5, 5.41) is 3.01. The summed E-state index contributed by atoms with van der Waals surface area (Å²) in [6.45, 7) is 1.41. The Hall–Kier alpha value is -3.47. The summed E-state index contributed by atoms with van der Waals surface area (Å²) in [6, 6.07) is 25.1. The molecule has 0 saturated carbocycles. The maximum Gasteiger partial charge on any atom is 0.321 e. The van der Waals surface area contributed by atoms with E-state index in [9.17, 15) is 4.79 Å². The Morgan fingerprint density at radius 2 is 1.50 bits per heavy atom. The Morgan fingerprint density at radius 3 is 2.23 bits per heavy atom. The summed E-state index contributed by atoms with van der Waals surface area (Å²) < 4.78 is 11.5. The molecule has 3 aromatic carbocycles. The highest BCUT2D eigenvalue weighted by atomic mass is 16.5. The molecule has 0 unspecified atom stereocenters. The van der Waals surface area contributed by atoms with Gasteiger partial charge in [-0.15, -0.1) is 0 Å². The molecule has 5 heteroatoms. The van der Waals surface area contributed by atoms with Crippen LogP contribution in [0, 0.1) is 0 Å². The third kappa shape index (κ3) is 4.57. The highest BCUT2D eigenvalue weighted by Gasteiger charge is 2.26. The number of hydrogen-bond donors (Lipinski definition) is 1. The minimum Gasteiger partial charge on any atom is -0.496 e. The molecule has 0 atom stereocenters. The van der Waals surface area contributed by atoms with E-state index in [1.54, 1.807) is 7.11 Å². The fourth-order valence-electron chi connectivity index (χ4n) is 3.87. The summed E-state index contributed by atoms with van der Waals surface area (Å²) in [5.41, 5.74) is 1.89. The highest BCUT2D eigenvalue weighted by molar-refractivity contribution is 5.91. The van der Waals surface area contributed by atoms with Crippen molar-refractivity contribution in [3.63, 3.8) is 0 Å². The Bertz CT molecular complexity index is 982. The van der Waals surface area contributed by atoms with Crippen LogP contribution in [0.25, 0.3) is 0 Å². The van der Waals surface area contributed by atoms with E-state index < -0.39 is 0 Å². The van der Waals surface area contributed by atoms with E-state index >= 15 is 0 Å². The van der Waals surface area contributed by atoms with E-state index in [0.717, 1.165) is 24.3 Å². The maximum absolute atomic E-state index is 12.9. The minimum absolute atomic E-state index is 0.0995. The molecule has 1 fully saturated rings. The van der Waals surface area contributed by atoms with Gasteiger partial charge < -0.3 is 19.7 Å². The van der Waals surface area contributed by atoms with Crippen molar-refractivity contribution in [2.45, 2.75) is 18.8 Å². The summed E-state index contributed by atoms with van der Waals surface area (Å²) in [6.07, 6.45) is 1.83. The van der Waals surface area contributed by atoms with Gasteiger partial charge in [-0.1, -0.05) is 48.5 Å². The van der Waals surface area contributed by atoms with Crippen molar-refractivity contribution in [2.24, 2.45) is 0 Å². The molecule has 4 rings (SSSR count). The quantitative estimate of drug-likeness (QED) is 0.578. The van der Waals surface area contributed by atoms with E-state index in [-0.39, 0.29) is 6.03 Å². The van der Waals surface area contributed by atoms with Gasteiger partial charge in [0.1, 0.15) is 11.5 Å². The third-order valence-electron chi connectivity index (χ3n) is 5.46. The predicted octanol–water partition coefficient (Wildman–Crippen LogP) is 5.90. The Labute approximate surface area is 177 Å². The van der Waals surface area contributed by atoms with Gasteiger partial charge in [-0.3, -0.25) is 0 Å². The molecule has 1 aliphatic rings. The van der Waals surface area contributed by atoms with Crippen molar-refractivity contribution in [2.75, 3.05) is 25.5 Å². The van der Waals surface area contributed by atoms with Crippen LogP contribution in [-0.4, -0.2) is 31.1 Å². The first-order valence-corrected chi connectivity index (χ1v) is 10.3. The lowest BCUT2D eigenvalue weighted by atomic mass is 9.89. The van der Waals surface area contributed by atoms with Gasteiger partial charge >= 0.3 is 6.03 Å². The zero-order valence-corrected chi connectivity index (χ0v) is 17.1. The summed E-state index contributed by atoms with van der Waals surface area (Å²) in [4.78, 5) is 14.7. The fourth-order valence-corrected chi connectivity index (χ4v) is 3.87. The van der Waals surface area contributed by atoms with Crippen LogP contribution in [0.4, 0.5) is 10.5 Å². The van der Waals surface area contributed by atoms with E-state index in [1.165, 1.54) is 5.56 Å². The number of likely N-dealkylation sites (tertiary alicyclic amines) is 1. The second kappa shape index (κ2) is 9.35. The smallest absolute Gasteiger partial charge is 0.321 e. The number of urea groups is 1. The first-order chi connectivity index (χ1) is 14.7. The zero-order chi connectivity index (χ0) is 20.8. The number of benzene rings is 3. The van der Waals surface area contributed by atoms with E-state index in [0.29, 0.717) is 30.4 Å². The van der Waals surface area contributed by atoms with Crippen LogP contribution in [0.15, 0.2) is 78.9 Å². The first-order valence-electron chi connectivity index (χ1n) is 10.3. The number of ether oxygens (including phenoxy) is 2. The zero-order valence-electron chi connectivity index (χ0n) is 17.1. The van der Waals surface area contributed by atoms with Crippen molar-refractivity contribution in [1.29, 1.82) is 0 Å². The van der Waals surface area contributed by atoms with Gasteiger partial charge in [0.15, 0.2) is 5.75 Å². The molecule has 1 heterocycles. The van der Waals surface area contributed by atoms with Gasteiger partial charge in [0.2, 0.25) is 0 Å². The number of rotatable bonds is 5. The van der Waals surface area contributed by atoms with Gasteiger partial charge in [0, 0.05) is 13.1 Å². The summed E-state index contributed by atoms with van der Waals surface area (Å²) in [7, 11) is 1.70. The van der Waals surface area contributed by atoms with E-state index in [4.69, 9.17) is 9.47 Å². The molecule has 0 aromatic heterocycles. The van der Waals surface area contributed by atoms with Gasteiger partial charge in [-0.25, -0.2) is 4.79 Å². The van der Waals surface area contributed by atoms with Gasteiger partial charge in [-0.05, 0) is 54.7 Å². The minimum atomic E-state index is -0.0995. The monoisotopic (exact) mass is 402 g/mol. The van der Waals surface area contributed by atoms with Crippen LogP contribution in [0.1, 0.15) is 24.3 Å². The molecule has 30 heavy (non-hydrogen) atoms. The summed E-state index contributed by atoms with van der Waals surface area (Å²) >= 11 is 0. The van der Waals surface area contributed by atoms with Gasteiger partial charge in [0.05, 0.1) is 12.8 Å². The van der Waals surface area contributed by atoms with Crippen molar-refractivity contribution < 1.29 is 14.3 Å². The molecule has 5 nitrogen and oxygen atoms in total. The number of carbonyl (C=O) groups is 1. The van der Waals surface area contributed by atoms with Crippen molar-refractivity contribution in [3.8, 4) is 17.2 Å². The molecule has 154 valence electrons. The number of piperidine rings is 1. The summed E-state index contributed by atoms with van der Waals surface area (Å²) in [5.74, 6) is 2.68. The second-order valence-corrected chi connectivity index (χ2v) is 7.34. The second-order valence-electron chi connectivity index (χ2n) is 7.34. The molecule has 1 saturated heterocycles. The molecular formula is C25H26N2O3. The Morgan fingerprint density at radius 1 is 0.867 bits per heavy atom. The van der Waals surface area contributed by atoms with Crippen molar-refractivity contribution in [3.05, 3.63) is 84.4 Å². The molecule has 0 spiro atoms. The number of nitrogens with zero attached hydrogens (tertiary/aromatic N) is 1. The number of anilines is 1. The number of nitrogens with one attached hydrogen (secondary N) is 1. The lowest BCUT2D eigenvalue weighted by molar-refractivity contribution is 0.194. The number of hydrogen-bond acceptors (Lipinski definition) is 3. The molecule has 0 aliphatic carbocycles. The van der Waals surface area contributed by atoms with Crippen LogP contribution >= 0.6 is 0 Å². The lowest BCUT2D eigenvalue weighted by Gasteiger charge is -2.32. The normalized spacial score (nSPS) is 14.2. The van der Waals surface area contributed by atoms with Crippen LogP contribution < -0.4 is 14.8 Å². The van der Waals surface area contributed by atoms with Crippen molar-refractivity contribution >= 4 is 11.7 Å². The SMILES string of the molecule is COc1ccccc1C1CCN(C(=O)Nc2ccccc2Oc2ccccc2)CC1. The number of amides is 2. The van der Waals surface area contributed by atoms with E-state index in [2.05, 4.69) is 11.4 Å². The van der Waals surface area contributed by atoms with Crippen molar-refractivity contribution in [1.82, 2.24) is 4.90 Å². The van der Waals surface area contributed by atoms with E-state index in [1.807, 2.05) is 77.7 Å². The highest BCUT2D eigenvalue weighted by Crippen LogP contribution is 2.34. The van der Waals surface area contributed by atoms with Gasteiger partial charge in [0.25, 0.3) is 0 Å². The largest absolute Gasteiger partial charge is 0.496 e. The Kier molecular flexibility index (Phi) is 6.18. The van der Waals surface area contributed by atoms with Crippen LogP contribution in [0.5, 0.6) is 17.2 Å². The average Bonchev–Trinajstić information content (AvgIpc) is 2.81. The molecule has 1 N–H and O–H groups in total. The molecule has 1 aliphatic heterocycles. The van der Waals surface area contributed by atoms with Gasteiger partial charge in [-0.2, -0.15) is 0 Å². The Balaban J connectivity index is 1.39. The lowest BCUT2D eigenvalue weighted by Crippen LogP contribution is -2.40. The van der Waals surface area contributed by atoms with Crippen LogP contribution in [-0.2, 0) is 0 Å². The molecule has 0 bridgehead atoms. The third-order valence-corrected chi connectivity index (χ3v) is 5.46. The standard InChI is InChI=1S/C25H26N2O3/c1-29-23-13-7-5-11-21(23)19-15-17-27(18-16-19)25(28)26-22-12-6-8-14-24(22)30-20-9-3-2-4-10-20/h2-14,19H,15-18H2,1H3,(H,26,28). The maximum atomic E-state index is 12.9. The predicted molar refractivity (Wildman–Crippen MR) is 119 cm³/mol. The first kappa shape index (κ1) is 19.8. The van der Waals surface area contributed by atoms with Crippen LogP contribution in [0.3, 0.4) is 0 Å².